The van der Waals surface area contributed by atoms with Crippen molar-refractivity contribution in [3.05, 3.63) is 81.1 Å². The molecule has 0 aliphatic carbocycles. The van der Waals surface area contributed by atoms with Crippen LogP contribution in [0.2, 0.25) is 10.2 Å². The quantitative estimate of drug-likeness (QED) is 0.402. The normalized spacial score (nSPS) is 11.8. The molecule has 0 unspecified atom stereocenters. The molecule has 0 saturated heterocycles. The second kappa shape index (κ2) is 9.54. The zero-order chi connectivity index (χ0) is 23.5. The maximum absolute atomic E-state index is 12.6. The van der Waals surface area contributed by atoms with E-state index in [-0.39, 0.29) is 15.6 Å². The first-order valence-electron chi connectivity index (χ1n) is 9.12. The third-order valence-electron chi connectivity index (χ3n) is 4.45. The third kappa shape index (κ3) is 5.55. The predicted octanol–water partition coefficient (Wildman–Crippen LogP) is 3.74. The van der Waals surface area contributed by atoms with Gasteiger partial charge in [-0.25, -0.2) is 18.2 Å². The molecule has 0 radical (unpaired) electrons. The molecule has 1 amide bonds. The van der Waals surface area contributed by atoms with Gasteiger partial charge in [0.2, 0.25) is 10.0 Å². The van der Waals surface area contributed by atoms with Gasteiger partial charge in [-0.2, -0.15) is 10.4 Å². The van der Waals surface area contributed by atoms with E-state index in [1.54, 1.807) is 23.7 Å². The molecule has 11 heteroatoms. The summed E-state index contributed by atoms with van der Waals surface area (Å²) < 4.78 is 24.2. The molecule has 3 rings (SSSR count). The first kappa shape index (κ1) is 23.5. The van der Waals surface area contributed by atoms with Crippen molar-refractivity contribution in [3.63, 3.8) is 0 Å². The number of nitrogens with one attached hydrogen (secondary N) is 1. The Kier molecular flexibility index (Phi) is 7.01. The largest absolute Gasteiger partial charge is 0.321 e. The molecule has 1 heterocycles. The van der Waals surface area contributed by atoms with Crippen LogP contribution in [-0.4, -0.2) is 24.1 Å². The number of nitrogens with two attached hydrogens (primary N) is 1. The van der Waals surface area contributed by atoms with Crippen molar-refractivity contribution < 1.29 is 13.2 Å². The summed E-state index contributed by atoms with van der Waals surface area (Å²) in [5.74, 6) is -0.684. The molecule has 2 aromatic carbocycles. The SMILES string of the molecule is Cc1nn(Cc2ccc(Cl)cc2)c(Cl)c1/C=C(\C#N)C(=O)Nc1ccc(S(N)(=O)=O)cc1. The van der Waals surface area contributed by atoms with Crippen molar-refractivity contribution in [2.24, 2.45) is 5.14 Å². The number of nitrogens with zero attached hydrogens (tertiary/aromatic N) is 3. The monoisotopic (exact) mass is 489 g/mol. The second-order valence-electron chi connectivity index (χ2n) is 6.77. The average molecular weight is 490 g/mol. The molecule has 0 atom stereocenters. The number of aromatic nitrogens is 2. The molecule has 1 aromatic heterocycles. The number of benzene rings is 2. The fourth-order valence-electron chi connectivity index (χ4n) is 2.82. The maximum atomic E-state index is 12.6. The molecule has 0 fully saturated rings. The highest BCUT2D eigenvalue weighted by Gasteiger charge is 2.17. The Morgan fingerprint density at radius 3 is 2.38 bits per heavy atom. The van der Waals surface area contributed by atoms with Gasteiger partial charge in [0.1, 0.15) is 16.8 Å². The number of nitriles is 1. The topological polar surface area (TPSA) is 131 Å². The van der Waals surface area contributed by atoms with Crippen LogP contribution in [0.1, 0.15) is 16.8 Å². The van der Waals surface area contributed by atoms with Crippen molar-refractivity contribution in [1.82, 2.24) is 9.78 Å². The highest BCUT2D eigenvalue weighted by Crippen LogP contribution is 2.24. The van der Waals surface area contributed by atoms with Crippen molar-refractivity contribution in [1.29, 1.82) is 5.26 Å². The molecule has 3 aromatic rings. The number of hydrogen-bond acceptors (Lipinski definition) is 5. The Morgan fingerprint density at radius 2 is 1.81 bits per heavy atom. The van der Waals surface area contributed by atoms with E-state index in [0.717, 1.165) is 5.56 Å². The number of halogens is 2. The molecule has 32 heavy (non-hydrogen) atoms. The van der Waals surface area contributed by atoms with Crippen LogP contribution >= 0.6 is 23.2 Å². The zero-order valence-electron chi connectivity index (χ0n) is 16.7. The van der Waals surface area contributed by atoms with Crippen LogP contribution in [0.5, 0.6) is 0 Å². The van der Waals surface area contributed by atoms with Gasteiger partial charge >= 0.3 is 0 Å². The lowest BCUT2D eigenvalue weighted by molar-refractivity contribution is -0.112. The minimum atomic E-state index is -3.85. The van der Waals surface area contributed by atoms with E-state index in [1.165, 1.54) is 30.3 Å². The lowest BCUT2D eigenvalue weighted by atomic mass is 10.1. The number of sulfonamides is 1. The van der Waals surface area contributed by atoms with E-state index >= 15 is 0 Å². The molecule has 0 aliphatic heterocycles. The number of rotatable bonds is 6. The standard InChI is InChI=1S/C21H17Cl2N5O3S/c1-13-19(20(23)28(27-13)12-14-2-4-16(22)5-3-14)10-15(11-24)21(29)26-17-6-8-18(9-7-17)32(25,30)31/h2-10H,12H2,1H3,(H,26,29)(H2,25,30,31)/b15-10+. The summed E-state index contributed by atoms with van der Waals surface area (Å²) in [6, 6.07) is 14.3. The second-order valence-corrected chi connectivity index (χ2v) is 9.12. The number of carbonyl (C=O) groups is 1. The third-order valence-corrected chi connectivity index (χ3v) is 6.03. The van der Waals surface area contributed by atoms with Crippen LogP contribution in [-0.2, 0) is 21.4 Å². The van der Waals surface area contributed by atoms with Gasteiger partial charge in [-0.1, -0.05) is 35.3 Å². The lowest BCUT2D eigenvalue weighted by Gasteiger charge is -2.06. The molecule has 8 nitrogen and oxygen atoms in total. The van der Waals surface area contributed by atoms with E-state index in [1.807, 2.05) is 18.2 Å². The minimum Gasteiger partial charge on any atom is -0.321 e. The van der Waals surface area contributed by atoms with Crippen LogP contribution in [0, 0.1) is 18.3 Å². The highest BCUT2D eigenvalue weighted by molar-refractivity contribution is 7.89. The summed E-state index contributed by atoms with van der Waals surface area (Å²) in [7, 11) is -3.85. The summed E-state index contributed by atoms with van der Waals surface area (Å²) in [6.07, 6.45) is 1.36. The fraction of sp³-hybridized carbons (Fsp3) is 0.0952. The Morgan fingerprint density at radius 1 is 1.19 bits per heavy atom. The van der Waals surface area contributed by atoms with E-state index in [2.05, 4.69) is 10.4 Å². The number of anilines is 1. The van der Waals surface area contributed by atoms with E-state index in [4.69, 9.17) is 28.3 Å². The van der Waals surface area contributed by atoms with E-state index in [9.17, 15) is 18.5 Å². The van der Waals surface area contributed by atoms with Crippen LogP contribution in [0.15, 0.2) is 59.0 Å². The molecule has 164 valence electrons. The summed E-state index contributed by atoms with van der Waals surface area (Å²) in [4.78, 5) is 12.5. The maximum Gasteiger partial charge on any atom is 0.266 e. The van der Waals surface area contributed by atoms with Gasteiger partial charge in [-0.3, -0.25) is 4.79 Å². The highest BCUT2D eigenvalue weighted by atomic mass is 35.5. The summed E-state index contributed by atoms with van der Waals surface area (Å²) in [5.41, 5.74) is 2.01. The molecular formula is C21H17Cl2N5O3S. The average Bonchev–Trinajstić information content (AvgIpc) is 3.00. The molecule has 0 aliphatic rings. The van der Waals surface area contributed by atoms with Crippen molar-refractivity contribution in [3.8, 4) is 6.07 Å². The van der Waals surface area contributed by atoms with Crippen molar-refractivity contribution in [2.45, 2.75) is 18.4 Å². The first-order valence-corrected chi connectivity index (χ1v) is 11.4. The van der Waals surface area contributed by atoms with E-state index in [0.29, 0.717) is 28.5 Å². The molecule has 0 spiro atoms. The number of primary sulfonamides is 1. The van der Waals surface area contributed by atoms with Crippen LogP contribution in [0.25, 0.3) is 6.08 Å². The molecular weight excluding hydrogens is 473 g/mol. The van der Waals surface area contributed by atoms with Crippen molar-refractivity contribution in [2.75, 3.05) is 5.32 Å². The number of amides is 1. The number of aryl methyl sites for hydroxylation is 1. The lowest BCUT2D eigenvalue weighted by Crippen LogP contribution is -2.14. The number of hydrogen-bond donors (Lipinski definition) is 2. The van der Waals surface area contributed by atoms with Gasteiger partial charge in [0.15, 0.2) is 0 Å². The Hall–Kier alpha value is -3.16. The van der Waals surface area contributed by atoms with Gasteiger partial charge in [0.25, 0.3) is 5.91 Å². The fourth-order valence-corrected chi connectivity index (χ4v) is 3.75. The first-order chi connectivity index (χ1) is 15.1. The smallest absolute Gasteiger partial charge is 0.266 e. The van der Waals surface area contributed by atoms with Gasteiger partial charge in [0.05, 0.1) is 17.1 Å². The van der Waals surface area contributed by atoms with Gasteiger partial charge < -0.3 is 5.32 Å². The van der Waals surface area contributed by atoms with Crippen molar-refractivity contribution >= 4 is 50.9 Å². The molecule has 0 bridgehead atoms. The Labute approximate surface area is 194 Å². The summed E-state index contributed by atoms with van der Waals surface area (Å²) >= 11 is 12.4. The van der Waals surface area contributed by atoms with Crippen LogP contribution < -0.4 is 10.5 Å². The van der Waals surface area contributed by atoms with E-state index < -0.39 is 15.9 Å². The summed E-state index contributed by atoms with van der Waals surface area (Å²) in [6.45, 7) is 2.10. The summed E-state index contributed by atoms with van der Waals surface area (Å²) in [5, 5.41) is 22.3. The predicted molar refractivity (Wildman–Crippen MR) is 123 cm³/mol. The van der Waals surface area contributed by atoms with Crippen LogP contribution in [0.3, 0.4) is 0 Å². The molecule has 0 saturated carbocycles. The zero-order valence-corrected chi connectivity index (χ0v) is 19.0. The minimum absolute atomic E-state index is 0.0953. The Bertz CT molecular complexity index is 1340. The van der Waals surface area contributed by atoms with Gasteiger partial charge in [-0.05, 0) is 55.0 Å². The van der Waals surface area contributed by atoms with Gasteiger partial charge in [-0.15, -0.1) is 0 Å². The van der Waals surface area contributed by atoms with Crippen LogP contribution in [0.4, 0.5) is 5.69 Å². The van der Waals surface area contributed by atoms with Gasteiger partial charge in [0, 0.05) is 16.3 Å². The molecule has 3 N–H and O–H groups in total. The Balaban J connectivity index is 1.82. The number of carbonyl (C=O) groups excluding carboxylic acids is 1.